The number of halogens is 2. The van der Waals surface area contributed by atoms with Crippen LogP contribution in [0.5, 0.6) is 5.75 Å². The molecule has 0 fully saturated rings. The molecule has 0 spiro atoms. The van der Waals surface area contributed by atoms with E-state index in [1.165, 1.54) is 13.0 Å². The molecule has 0 aromatic heterocycles. The first-order valence-corrected chi connectivity index (χ1v) is 4.15. The Bertz CT molecular complexity index is 434. The number of aryl methyl sites for hydroxylation is 1. The Morgan fingerprint density at radius 3 is 2.56 bits per heavy atom. The number of carbonyl (C=O) groups is 1. The largest absolute Gasteiger partial charge is 0.434 e. The van der Waals surface area contributed by atoms with Crippen LogP contribution in [0.3, 0.4) is 0 Å². The molecule has 0 unspecified atom stereocenters. The molecular formula is C9H7F2NO4. The number of rotatable bonds is 4. The van der Waals surface area contributed by atoms with Crippen molar-refractivity contribution >= 4 is 12.0 Å². The van der Waals surface area contributed by atoms with Gasteiger partial charge in [-0.1, -0.05) is 0 Å². The Hall–Kier alpha value is -2.05. The van der Waals surface area contributed by atoms with Crippen LogP contribution in [0.25, 0.3) is 0 Å². The highest BCUT2D eigenvalue weighted by Gasteiger charge is 2.22. The lowest BCUT2D eigenvalue weighted by atomic mass is 10.1. The molecule has 0 aliphatic heterocycles. The molecule has 86 valence electrons. The lowest BCUT2D eigenvalue weighted by Gasteiger charge is -2.08. The highest BCUT2D eigenvalue weighted by Crippen LogP contribution is 2.30. The minimum absolute atomic E-state index is 0.128. The Labute approximate surface area is 88.8 Å². The highest BCUT2D eigenvalue weighted by atomic mass is 19.3. The SMILES string of the molecule is Cc1ccc(OC(F)F)c(C=O)c1[N+](=O)[O-]. The number of benzene rings is 1. The topological polar surface area (TPSA) is 69.4 Å². The van der Waals surface area contributed by atoms with Crippen molar-refractivity contribution < 1.29 is 23.2 Å². The summed E-state index contributed by atoms with van der Waals surface area (Å²) < 4.78 is 27.9. The van der Waals surface area contributed by atoms with Gasteiger partial charge in [-0.25, -0.2) is 0 Å². The fourth-order valence-corrected chi connectivity index (χ4v) is 1.25. The van der Waals surface area contributed by atoms with E-state index < -0.39 is 28.5 Å². The molecular weight excluding hydrogens is 224 g/mol. The summed E-state index contributed by atoms with van der Waals surface area (Å²) in [5, 5.41) is 10.6. The Morgan fingerprint density at radius 2 is 2.12 bits per heavy atom. The number of nitro groups is 1. The van der Waals surface area contributed by atoms with E-state index in [-0.39, 0.29) is 11.8 Å². The molecule has 1 rings (SSSR count). The minimum atomic E-state index is -3.14. The molecule has 1 aromatic carbocycles. The molecule has 0 saturated heterocycles. The van der Waals surface area contributed by atoms with E-state index in [0.717, 1.165) is 6.07 Å². The van der Waals surface area contributed by atoms with Crippen LogP contribution in [0.2, 0.25) is 0 Å². The highest BCUT2D eigenvalue weighted by molar-refractivity contribution is 5.86. The van der Waals surface area contributed by atoms with Crippen molar-refractivity contribution in [3.8, 4) is 5.75 Å². The summed E-state index contributed by atoms with van der Waals surface area (Å²) in [5.74, 6) is -0.498. The number of hydrogen-bond acceptors (Lipinski definition) is 4. The quantitative estimate of drug-likeness (QED) is 0.453. The summed E-state index contributed by atoms with van der Waals surface area (Å²) in [6, 6.07) is 2.33. The van der Waals surface area contributed by atoms with E-state index in [9.17, 15) is 23.7 Å². The average molecular weight is 231 g/mol. The van der Waals surface area contributed by atoms with Crippen molar-refractivity contribution in [2.75, 3.05) is 0 Å². The third kappa shape index (κ3) is 2.30. The second-order valence-electron chi connectivity index (χ2n) is 2.90. The van der Waals surface area contributed by atoms with Gasteiger partial charge in [-0.3, -0.25) is 14.9 Å². The van der Waals surface area contributed by atoms with Gasteiger partial charge in [0, 0.05) is 5.56 Å². The summed E-state index contributed by atoms with van der Waals surface area (Å²) in [6.07, 6.45) is 0.128. The summed E-state index contributed by atoms with van der Waals surface area (Å²) in [5.41, 5.74) is -0.799. The first kappa shape index (κ1) is 12.0. The summed E-state index contributed by atoms with van der Waals surface area (Å²) in [4.78, 5) is 20.5. The van der Waals surface area contributed by atoms with Gasteiger partial charge in [-0.2, -0.15) is 8.78 Å². The number of nitro benzene ring substituents is 1. The molecule has 0 N–H and O–H groups in total. The molecule has 5 nitrogen and oxygen atoms in total. The van der Waals surface area contributed by atoms with E-state index in [0.29, 0.717) is 0 Å². The summed E-state index contributed by atoms with van der Waals surface area (Å²) in [7, 11) is 0. The van der Waals surface area contributed by atoms with Crippen LogP contribution in [0.15, 0.2) is 12.1 Å². The van der Waals surface area contributed by atoms with Crippen LogP contribution in [0, 0.1) is 17.0 Å². The van der Waals surface area contributed by atoms with Crippen LogP contribution >= 0.6 is 0 Å². The van der Waals surface area contributed by atoms with Crippen molar-refractivity contribution in [2.45, 2.75) is 13.5 Å². The normalized spacial score (nSPS) is 10.2. The fraction of sp³-hybridized carbons (Fsp3) is 0.222. The second kappa shape index (κ2) is 4.65. The predicted octanol–water partition coefficient (Wildman–Crippen LogP) is 2.32. The lowest BCUT2D eigenvalue weighted by Crippen LogP contribution is -2.07. The first-order chi connectivity index (χ1) is 7.47. The van der Waals surface area contributed by atoms with Crippen molar-refractivity contribution in [1.82, 2.24) is 0 Å². The Morgan fingerprint density at radius 1 is 1.50 bits per heavy atom. The van der Waals surface area contributed by atoms with Gasteiger partial charge in [0.15, 0.2) is 6.29 Å². The Balaban J connectivity index is 3.36. The van der Waals surface area contributed by atoms with Gasteiger partial charge in [0.05, 0.1) is 4.92 Å². The summed E-state index contributed by atoms with van der Waals surface area (Å²) >= 11 is 0. The molecule has 7 heteroatoms. The number of aldehydes is 1. The molecule has 16 heavy (non-hydrogen) atoms. The number of alkyl halides is 2. The molecule has 0 saturated carbocycles. The maximum Gasteiger partial charge on any atom is 0.387 e. The molecule has 1 aromatic rings. The average Bonchev–Trinajstić information content (AvgIpc) is 2.18. The zero-order chi connectivity index (χ0) is 12.3. The van der Waals surface area contributed by atoms with Gasteiger partial charge in [-0.15, -0.1) is 0 Å². The Kier molecular flexibility index (Phi) is 3.49. The van der Waals surface area contributed by atoms with Gasteiger partial charge in [0.1, 0.15) is 11.3 Å². The first-order valence-electron chi connectivity index (χ1n) is 4.15. The van der Waals surface area contributed by atoms with Crippen molar-refractivity contribution in [3.63, 3.8) is 0 Å². The number of hydrogen-bond donors (Lipinski definition) is 0. The van der Waals surface area contributed by atoms with E-state index in [2.05, 4.69) is 4.74 Å². The molecule has 0 aliphatic carbocycles. The van der Waals surface area contributed by atoms with Gasteiger partial charge in [-0.05, 0) is 19.1 Å². The van der Waals surface area contributed by atoms with E-state index in [1.807, 2.05) is 0 Å². The van der Waals surface area contributed by atoms with Crippen molar-refractivity contribution in [1.29, 1.82) is 0 Å². The van der Waals surface area contributed by atoms with Gasteiger partial charge >= 0.3 is 6.61 Å². The molecule has 0 heterocycles. The monoisotopic (exact) mass is 231 g/mol. The maximum absolute atomic E-state index is 12.0. The third-order valence-electron chi connectivity index (χ3n) is 1.90. The van der Waals surface area contributed by atoms with Gasteiger partial charge in [0.25, 0.3) is 5.69 Å². The standard InChI is InChI=1S/C9H7F2NO4/c1-5-2-3-7(16-9(10)11)6(4-13)8(5)12(14)15/h2-4,9H,1H3. The summed E-state index contributed by atoms with van der Waals surface area (Å²) in [6.45, 7) is -1.74. The lowest BCUT2D eigenvalue weighted by molar-refractivity contribution is -0.385. The minimum Gasteiger partial charge on any atom is -0.434 e. The molecule has 0 amide bonds. The molecule has 0 aliphatic rings. The predicted molar refractivity (Wildman–Crippen MR) is 49.9 cm³/mol. The molecule has 0 atom stereocenters. The fourth-order valence-electron chi connectivity index (χ4n) is 1.25. The van der Waals surface area contributed by atoms with E-state index in [4.69, 9.17) is 0 Å². The number of nitrogens with zero attached hydrogens (tertiary/aromatic N) is 1. The van der Waals surface area contributed by atoms with Crippen molar-refractivity contribution in [3.05, 3.63) is 33.4 Å². The third-order valence-corrected chi connectivity index (χ3v) is 1.90. The van der Waals surface area contributed by atoms with Crippen LogP contribution < -0.4 is 4.74 Å². The molecule has 0 bridgehead atoms. The maximum atomic E-state index is 12.0. The van der Waals surface area contributed by atoms with Crippen LogP contribution in [0.1, 0.15) is 15.9 Å². The number of carbonyl (C=O) groups excluding carboxylic acids is 1. The van der Waals surface area contributed by atoms with E-state index in [1.54, 1.807) is 0 Å². The number of ether oxygens (including phenoxy) is 1. The van der Waals surface area contributed by atoms with Crippen LogP contribution in [0.4, 0.5) is 14.5 Å². The van der Waals surface area contributed by atoms with Crippen LogP contribution in [-0.2, 0) is 0 Å². The molecule has 0 radical (unpaired) electrons. The second-order valence-corrected chi connectivity index (χ2v) is 2.90. The van der Waals surface area contributed by atoms with Crippen molar-refractivity contribution in [2.24, 2.45) is 0 Å². The van der Waals surface area contributed by atoms with Gasteiger partial charge < -0.3 is 4.74 Å². The van der Waals surface area contributed by atoms with Gasteiger partial charge in [0.2, 0.25) is 0 Å². The zero-order valence-electron chi connectivity index (χ0n) is 8.15. The van der Waals surface area contributed by atoms with Crippen LogP contribution in [-0.4, -0.2) is 17.8 Å². The van der Waals surface area contributed by atoms with E-state index >= 15 is 0 Å². The smallest absolute Gasteiger partial charge is 0.387 e. The zero-order valence-corrected chi connectivity index (χ0v) is 8.15.